The smallest absolute Gasteiger partial charge is 0.407 e. The van der Waals surface area contributed by atoms with Gasteiger partial charge in [-0.3, -0.25) is 9.59 Å². The van der Waals surface area contributed by atoms with Gasteiger partial charge in [0.15, 0.2) is 0 Å². The Morgan fingerprint density at radius 2 is 1.86 bits per heavy atom. The van der Waals surface area contributed by atoms with E-state index in [2.05, 4.69) is 71.6 Å². The second kappa shape index (κ2) is 16.4. The first kappa shape index (κ1) is 38.8. The van der Waals surface area contributed by atoms with Crippen LogP contribution in [0.3, 0.4) is 0 Å². The van der Waals surface area contributed by atoms with Crippen LogP contribution in [-0.2, 0) is 25.7 Å². The third-order valence-electron chi connectivity index (χ3n) is 11.3. The van der Waals surface area contributed by atoms with Gasteiger partial charge in [0.2, 0.25) is 11.8 Å². The Balaban J connectivity index is 1.14. The quantitative estimate of drug-likeness (QED) is 0.110. The summed E-state index contributed by atoms with van der Waals surface area (Å²) in [4.78, 5) is 59.3. The Bertz CT molecular complexity index is 2250. The molecule has 5 aromatic rings. The zero-order valence-electron chi connectivity index (χ0n) is 33.4. The van der Waals surface area contributed by atoms with Gasteiger partial charge in [-0.15, -0.1) is 0 Å². The first-order valence-corrected chi connectivity index (χ1v) is 19.8. The molecule has 0 spiro atoms. The van der Waals surface area contributed by atoms with Crippen molar-refractivity contribution < 1.29 is 28.6 Å². The lowest BCUT2D eigenvalue weighted by molar-refractivity contribution is -0.136. The number of methoxy groups -OCH3 is 2. The number of carbonyl (C=O) groups excluding carboxylic acids is 3. The summed E-state index contributed by atoms with van der Waals surface area (Å²) in [6, 6.07) is 13.7. The zero-order valence-corrected chi connectivity index (χ0v) is 33.4. The summed E-state index contributed by atoms with van der Waals surface area (Å²) in [7, 11) is 2.97. The average Bonchev–Trinajstić information content (AvgIpc) is 3.97. The van der Waals surface area contributed by atoms with Crippen LogP contribution in [-0.4, -0.2) is 87.1 Å². The van der Waals surface area contributed by atoms with Crippen molar-refractivity contribution in [2.45, 2.75) is 97.5 Å². The van der Waals surface area contributed by atoms with Gasteiger partial charge in [-0.2, -0.15) is 0 Å². The maximum absolute atomic E-state index is 13.6. The Hall–Kier alpha value is -5.43. The molecule has 0 bridgehead atoms. The Labute approximate surface area is 327 Å². The molecule has 13 nitrogen and oxygen atoms in total. The van der Waals surface area contributed by atoms with E-state index < -0.39 is 12.1 Å². The van der Waals surface area contributed by atoms with Crippen molar-refractivity contribution in [2.75, 3.05) is 27.4 Å². The molecule has 7 rings (SSSR count). The number of benzene rings is 3. The first-order valence-electron chi connectivity index (χ1n) is 19.8. The summed E-state index contributed by atoms with van der Waals surface area (Å²) in [5, 5.41) is 4.65. The van der Waals surface area contributed by atoms with Gasteiger partial charge in [0.1, 0.15) is 30.0 Å². The van der Waals surface area contributed by atoms with Gasteiger partial charge in [-0.1, -0.05) is 39.0 Å². The number of nitrogens with zero attached hydrogens (tertiary/aromatic N) is 4. The lowest BCUT2D eigenvalue weighted by Crippen LogP contribution is -2.49. The SMILES string of the molecule is CCCC(=O)N(C[C@H](C)COC)[C@@H](C)c1nc2c(ccc3cc4c(cc32)OCc2cc(-c3cnc([C@@H]5CC[C@H](CC)N5C(=O)[C@H](C)NC(=O)OC)[nH]3)ccc2-4)[nH]1. The van der Waals surface area contributed by atoms with Crippen molar-refractivity contribution in [3.63, 3.8) is 0 Å². The maximum Gasteiger partial charge on any atom is 0.407 e. The number of rotatable bonds is 13. The highest BCUT2D eigenvalue weighted by atomic mass is 16.5. The largest absolute Gasteiger partial charge is 0.488 e. The number of ether oxygens (including phenoxy) is 3. The normalized spacial score (nSPS) is 17.9. The molecule has 3 amide bonds. The van der Waals surface area contributed by atoms with Crippen LogP contribution >= 0.6 is 0 Å². The number of hydrogen-bond acceptors (Lipinski definition) is 8. The van der Waals surface area contributed by atoms with E-state index in [1.165, 1.54) is 7.11 Å². The van der Waals surface area contributed by atoms with Crippen LogP contribution in [0.1, 0.15) is 96.0 Å². The fourth-order valence-electron chi connectivity index (χ4n) is 8.38. The second-order valence-electron chi connectivity index (χ2n) is 15.3. The van der Waals surface area contributed by atoms with Gasteiger partial charge in [-0.05, 0) is 91.8 Å². The van der Waals surface area contributed by atoms with Crippen LogP contribution in [0.25, 0.3) is 44.2 Å². The highest BCUT2D eigenvalue weighted by Gasteiger charge is 2.40. The monoisotopic (exact) mass is 763 g/mol. The van der Waals surface area contributed by atoms with E-state index >= 15 is 0 Å². The van der Waals surface area contributed by atoms with Gasteiger partial charge >= 0.3 is 6.09 Å². The summed E-state index contributed by atoms with van der Waals surface area (Å²) in [6.45, 7) is 11.5. The third kappa shape index (κ3) is 7.44. The molecule has 5 atom stereocenters. The fourth-order valence-corrected chi connectivity index (χ4v) is 8.38. The number of imidazole rings is 2. The molecule has 56 heavy (non-hydrogen) atoms. The Morgan fingerprint density at radius 3 is 2.61 bits per heavy atom. The van der Waals surface area contributed by atoms with E-state index in [-0.39, 0.29) is 35.9 Å². The van der Waals surface area contributed by atoms with Crippen molar-refractivity contribution in [1.29, 1.82) is 0 Å². The molecule has 0 radical (unpaired) electrons. The van der Waals surface area contributed by atoms with E-state index in [4.69, 9.17) is 24.2 Å². The highest BCUT2D eigenvalue weighted by Crippen LogP contribution is 2.43. The summed E-state index contributed by atoms with van der Waals surface area (Å²) >= 11 is 0. The van der Waals surface area contributed by atoms with Gasteiger partial charge < -0.3 is 39.3 Å². The minimum atomic E-state index is -0.725. The van der Waals surface area contributed by atoms with E-state index in [1.807, 2.05) is 29.8 Å². The van der Waals surface area contributed by atoms with Gasteiger partial charge in [0.05, 0.1) is 48.7 Å². The number of likely N-dealkylation sites (tertiary alicyclic amines) is 1. The van der Waals surface area contributed by atoms with Crippen LogP contribution in [0.4, 0.5) is 4.79 Å². The van der Waals surface area contributed by atoms with Crippen LogP contribution in [0.5, 0.6) is 5.75 Å². The summed E-state index contributed by atoms with van der Waals surface area (Å²) in [5.74, 6) is 2.43. The zero-order chi connectivity index (χ0) is 39.7. The summed E-state index contributed by atoms with van der Waals surface area (Å²) in [5.41, 5.74) is 6.78. The van der Waals surface area contributed by atoms with Crippen LogP contribution in [0, 0.1) is 5.92 Å². The van der Waals surface area contributed by atoms with E-state index in [0.717, 1.165) is 92.8 Å². The molecule has 3 aromatic carbocycles. The number of aromatic amines is 2. The number of hydrogen-bond donors (Lipinski definition) is 3. The predicted molar refractivity (Wildman–Crippen MR) is 215 cm³/mol. The molecule has 1 fully saturated rings. The van der Waals surface area contributed by atoms with Gasteiger partial charge in [0.25, 0.3) is 0 Å². The number of alkyl carbamates (subject to hydrolysis) is 1. The molecule has 2 aliphatic rings. The number of fused-ring (bicyclic) bond motifs is 6. The molecule has 296 valence electrons. The fraction of sp³-hybridized carbons (Fsp3) is 0.465. The van der Waals surface area contributed by atoms with Crippen molar-refractivity contribution in [3.8, 4) is 28.1 Å². The molecule has 1 saturated heterocycles. The molecule has 4 heterocycles. The number of nitrogens with one attached hydrogen (secondary N) is 3. The van der Waals surface area contributed by atoms with Crippen molar-refractivity contribution >= 4 is 39.7 Å². The van der Waals surface area contributed by atoms with Crippen molar-refractivity contribution in [1.82, 2.24) is 35.1 Å². The third-order valence-corrected chi connectivity index (χ3v) is 11.3. The van der Waals surface area contributed by atoms with Crippen molar-refractivity contribution in [3.05, 3.63) is 65.9 Å². The lowest BCUT2D eigenvalue weighted by atomic mass is 9.92. The number of aromatic nitrogens is 4. The molecule has 0 unspecified atom stereocenters. The van der Waals surface area contributed by atoms with Gasteiger partial charge in [-0.25, -0.2) is 14.8 Å². The molecular weight excluding hydrogens is 711 g/mol. The number of H-pyrrole nitrogens is 2. The highest BCUT2D eigenvalue weighted by molar-refractivity contribution is 6.07. The average molecular weight is 764 g/mol. The Kier molecular flexibility index (Phi) is 11.3. The predicted octanol–water partition coefficient (Wildman–Crippen LogP) is 7.82. The minimum Gasteiger partial charge on any atom is -0.488 e. The second-order valence-corrected chi connectivity index (χ2v) is 15.3. The van der Waals surface area contributed by atoms with E-state index in [1.54, 1.807) is 14.0 Å². The minimum absolute atomic E-state index is 0.0569. The van der Waals surface area contributed by atoms with Crippen LogP contribution in [0.15, 0.2) is 48.7 Å². The summed E-state index contributed by atoms with van der Waals surface area (Å²) < 4.78 is 16.5. The van der Waals surface area contributed by atoms with Crippen LogP contribution < -0.4 is 10.1 Å². The lowest BCUT2D eigenvalue weighted by Gasteiger charge is -2.31. The molecule has 2 aromatic heterocycles. The van der Waals surface area contributed by atoms with Crippen LogP contribution in [0.2, 0.25) is 0 Å². The molecule has 13 heteroatoms. The number of amides is 3. The van der Waals surface area contributed by atoms with E-state index in [0.29, 0.717) is 26.2 Å². The molecule has 2 aliphatic heterocycles. The summed E-state index contributed by atoms with van der Waals surface area (Å²) in [6.07, 6.45) is 4.91. The Morgan fingerprint density at radius 1 is 1.04 bits per heavy atom. The van der Waals surface area contributed by atoms with E-state index in [9.17, 15) is 14.4 Å². The number of carbonyl (C=O) groups is 3. The topological polar surface area (TPSA) is 155 Å². The molecular formula is C43H53N7O6. The first-order chi connectivity index (χ1) is 27.0. The molecule has 0 saturated carbocycles. The van der Waals surface area contributed by atoms with Gasteiger partial charge in [0, 0.05) is 37.1 Å². The maximum atomic E-state index is 13.6. The molecule has 3 N–H and O–H groups in total. The standard InChI is InChI=1S/C43H53N7O6/c1-8-10-38(51)49(21-24(3)22-54-6)26(5)40-46-34-15-12-27-18-33-31-14-11-28(17-29(31)23-56-37(33)19-32(27)39(34)48-40)35-20-44-41(47-35)36-16-13-30(9-2)50(36)42(52)25(4)45-43(53)55-7/h11-12,14-15,17-20,24-26,30,36H,8-10,13,16,21-23H2,1-7H3,(H,44,47)(H,45,53)(H,46,48)/t24-,25-,26-,30-,36-/m0/s1. The molecule has 0 aliphatic carbocycles. The van der Waals surface area contributed by atoms with Crippen molar-refractivity contribution in [2.24, 2.45) is 5.92 Å².